The van der Waals surface area contributed by atoms with Crippen molar-refractivity contribution < 1.29 is 49.4 Å². The van der Waals surface area contributed by atoms with Gasteiger partial charge in [-0.1, -0.05) is 0 Å². The third kappa shape index (κ3) is 9.35. The van der Waals surface area contributed by atoms with E-state index in [2.05, 4.69) is 5.32 Å². The van der Waals surface area contributed by atoms with Crippen LogP contribution in [0.1, 0.15) is 12.0 Å². The number of carbonyl (C=O) groups is 1. The molecule has 0 saturated carbocycles. The molecule has 29 heavy (non-hydrogen) atoms. The Labute approximate surface area is 162 Å². The summed E-state index contributed by atoms with van der Waals surface area (Å²) >= 11 is 0. The van der Waals surface area contributed by atoms with Crippen molar-refractivity contribution in [2.45, 2.75) is 24.9 Å². The molecule has 0 unspecified atom stereocenters. The predicted octanol–water partition coefficient (Wildman–Crippen LogP) is 2.74. The second-order valence-corrected chi connectivity index (χ2v) is 8.51. The van der Waals surface area contributed by atoms with Crippen molar-refractivity contribution >= 4 is 15.8 Å². The molecule has 13 heteroatoms. The fourth-order valence-corrected chi connectivity index (χ4v) is 3.39. The van der Waals surface area contributed by atoms with E-state index >= 15 is 0 Å². The van der Waals surface area contributed by atoms with Crippen LogP contribution in [0.5, 0.6) is 5.75 Å². The predicted molar refractivity (Wildman–Crippen MR) is 90.2 cm³/mol. The van der Waals surface area contributed by atoms with Crippen LogP contribution in [0, 0.1) is 5.92 Å². The van der Waals surface area contributed by atoms with Crippen LogP contribution in [0.2, 0.25) is 0 Å². The minimum absolute atomic E-state index is 0.0250. The zero-order valence-electron chi connectivity index (χ0n) is 15.0. The van der Waals surface area contributed by atoms with Crippen molar-refractivity contribution in [2.24, 2.45) is 5.92 Å². The summed E-state index contributed by atoms with van der Waals surface area (Å²) < 4.78 is 98.0. The second kappa shape index (κ2) is 9.65. The van der Waals surface area contributed by atoms with E-state index < -0.39 is 39.8 Å². The van der Waals surface area contributed by atoms with E-state index in [0.717, 1.165) is 31.4 Å². The first-order chi connectivity index (χ1) is 13.1. The maximum absolute atomic E-state index is 12.5. The number of alkyl halides is 6. The van der Waals surface area contributed by atoms with Crippen LogP contribution in [0.25, 0.3) is 0 Å². The number of benzene rings is 1. The highest BCUT2D eigenvalue weighted by atomic mass is 32.2. The van der Waals surface area contributed by atoms with E-state index in [1.165, 1.54) is 12.1 Å². The van der Waals surface area contributed by atoms with Gasteiger partial charge in [0.05, 0.1) is 11.3 Å². The van der Waals surface area contributed by atoms with Crippen LogP contribution < -0.4 is 10.1 Å². The lowest BCUT2D eigenvalue weighted by Gasteiger charge is -2.24. The summed E-state index contributed by atoms with van der Waals surface area (Å²) in [6.07, 6.45) is -8.15. The van der Waals surface area contributed by atoms with E-state index in [4.69, 9.17) is 14.6 Å². The number of carboxylic acid groups (broad SMARTS) is 1. The van der Waals surface area contributed by atoms with Crippen LogP contribution in [-0.4, -0.2) is 56.9 Å². The number of hydrogen-bond acceptors (Lipinski definition) is 5. The number of rotatable bonds is 5. The quantitative estimate of drug-likeness (QED) is 0.669. The average molecular weight is 451 g/mol. The Morgan fingerprint density at radius 3 is 2.07 bits per heavy atom. The molecule has 0 radical (unpaired) electrons. The minimum Gasteiger partial charge on any atom is -0.489 e. The smallest absolute Gasteiger partial charge is 0.489 e. The molecule has 2 N–H and O–H groups in total. The summed E-state index contributed by atoms with van der Waals surface area (Å²) in [6.45, 7) is 1.42. The highest BCUT2D eigenvalue weighted by molar-refractivity contribution is 7.90. The lowest BCUT2D eigenvalue weighted by molar-refractivity contribution is -0.192. The largest absolute Gasteiger partial charge is 0.490 e. The Kier molecular flexibility index (Phi) is 8.33. The standard InChI is InChI=1S/C14H18F3NO3S.C2HF3O2/c1-22(19,20)9-13(10-6-7-18-8-10)21-12-4-2-11(3-5-12)14(15,16)17;3-2(4,5)1(6)7/h2-5,10,13,18H,6-9H2,1H3;(H,6,7)/t10-,13+;/m0./s1. The van der Waals surface area contributed by atoms with Crippen molar-refractivity contribution in [3.8, 4) is 5.75 Å². The van der Waals surface area contributed by atoms with Crippen LogP contribution in [0.3, 0.4) is 0 Å². The third-order valence-electron chi connectivity index (χ3n) is 3.80. The van der Waals surface area contributed by atoms with Crippen LogP contribution in [-0.2, 0) is 20.8 Å². The summed E-state index contributed by atoms with van der Waals surface area (Å²) in [5, 5.41) is 10.3. The van der Waals surface area contributed by atoms with Crippen molar-refractivity contribution in [1.82, 2.24) is 5.32 Å². The average Bonchev–Trinajstić information content (AvgIpc) is 3.06. The SMILES string of the molecule is CS(=O)(=O)C[C@@H](Oc1ccc(C(F)(F)F)cc1)[C@H]1CCNC1.O=C(O)C(F)(F)F. The molecule has 2 rings (SSSR count). The first kappa shape index (κ1) is 25.0. The molecule has 6 nitrogen and oxygen atoms in total. The first-order valence-corrected chi connectivity index (χ1v) is 10.2. The number of carboxylic acids is 1. The molecule has 0 amide bonds. The van der Waals surface area contributed by atoms with Crippen LogP contribution in [0.15, 0.2) is 24.3 Å². The van der Waals surface area contributed by atoms with Gasteiger partial charge in [-0.25, -0.2) is 13.2 Å². The van der Waals surface area contributed by atoms with Gasteiger partial charge in [0.25, 0.3) is 0 Å². The lowest BCUT2D eigenvalue weighted by Crippen LogP contribution is -2.35. The van der Waals surface area contributed by atoms with Gasteiger partial charge in [0.2, 0.25) is 0 Å². The number of nitrogens with one attached hydrogen (secondary N) is 1. The van der Waals surface area contributed by atoms with E-state index in [-0.39, 0.29) is 17.4 Å². The number of halogens is 6. The zero-order chi connectivity index (χ0) is 22.5. The maximum atomic E-state index is 12.5. The first-order valence-electron chi connectivity index (χ1n) is 8.12. The lowest BCUT2D eigenvalue weighted by atomic mass is 10.0. The Bertz CT molecular complexity index is 770. The number of aliphatic carboxylic acids is 1. The van der Waals surface area contributed by atoms with Crippen molar-refractivity contribution in [1.29, 1.82) is 0 Å². The third-order valence-corrected chi connectivity index (χ3v) is 4.74. The summed E-state index contributed by atoms with van der Waals surface area (Å²) in [5.41, 5.74) is -0.762. The van der Waals surface area contributed by atoms with Gasteiger partial charge >= 0.3 is 18.3 Å². The summed E-state index contributed by atoms with van der Waals surface area (Å²) in [7, 11) is -3.25. The van der Waals surface area contributed by atoms with Crippen molar-refractivity contribution in [2.75, 3.05) is 25.1 Å². The van der Waals surface area contributed by atoms with Crippen molar-refractivity contribution in [3.63, 3.8) is 0 Å². The Morgan fingerprint density at radius 1 is 1.21 bits per heavy atom. The van der Waals surface area contributed by atoms with Gasteiger partial charge in [-0.3, -0.25) is 0 Å². The number of ether oxygens (including phenoxy) is 1. The molecule has 0 spiro atoms. The normalized spacial score (nSPS) is 18.5. The van der Waals surface area contributed by atoms with E-state index in [1.807, 2.05) is 0 Å². The fourth-order valence-electron chi connectivity index (χ4n) is 2.46. The molecular formula is C16H19F6NO5S. The molecular weight excluding hydrogens is 432 g/mol. The molecule has 1 fully saturated rings. The van der Waals surface area contributed by atoms with Gasteiger partial charge in [-0.2, -0.15) is 26.3 Å². The van der Waals surface area contributed by atoms with Crippen LogP contribution >= 0.6 is 0 Å². The Balaban J connectivity index is 0.000000516. The summed E-state index contributed by atoms with van der Waals surface area (Å²) in [4.78, 5) is 8.90. The Morgan fingerprint density at radius 2 is 1.72 bits per heavy atom. The highest BCUT2D eigenvalue weighted by Crippen LogP contribution is 2.31. The molecule has 0 bridgehead atoms. The van der Waals surface area contributed by atoms with Gasteiger partial charge in [-0.15, -0.1) is 0 Å². The van der Waals surface area contributed by atoms with Crippen molar-refractivity contribution in [3.05, 3.63) is 29.8 Å². The van der Waals surface area contributed by atoms with Gasteiger partial charge < -0.3 is 15.2 Å². The summed E-state index contributed by atoms with van der Waals surface area (Å²) in [6, 6.07) is 4.31. The second-order valence-electron chi connectivity index (χ2n) is 6.33. The molecule has 1 heterocycles. The zero-order valence-corrected chi connectivity index (χ0v) is 15.9. The molecule has 0 aromatic heterocycles. The molecule has 166 valence electrons. The monoisotopic (exact) mass is 451 g/mol. The molecule has 1 aliphatic rings. The van der Waals surface area contributed by atoms with E-state index in [1.54, 1.807) is 0 Å². The number of hydrogen-bond donors (Lipinski definition) is 2. The maximum Gasteiger partial charge on any atom is 0.490 e. The molecule has 1 aliphatic heterocycles. The molecule has 0 aliphatic carbocycles. The topological polar surface area (TPSA) is 92.7 Å². The molecule has 1 aromatic carbocycles. The van der Waals surface area contributed by atoms with Crippen LogP contribution in [0.4, 0.5) is 26.3 Å². The van der Waals surface area contributed by atoms with Gasteiger partial charge in [0.1, 0.15) is 11.9 Å². The van der Waals surface area contributed by atoms with Gasteiger partial charge in [0, 0.05) is 18.7 Å². The minimum atomic E-state index is -5.08. The Hall–Kier alpha value is -2.02. The van der Waals surface area contributed by atoms with E-state index in [0.29, 0.717) is 6.54 Å². The van der Waals surface area contributed by atoms with E-state index in [9.17, 15) is 34.8 Å². The summed E-state index contributed by atoms with van der Waals surface area (Å²) in [5.74, 6) is -2.64. The van der Waals surface area contributed by atoms with Gasteiger partial charge in [0.15, 0.2) is 9.84 Å². The van der Waals surface area contributed by atoms with Gasteiger partial charge in [-0.05, 0) is 37.2 Å². The fraction of sp³-hybridized carbons (Fsp3) is 0.562. The molecule has 1 saturated heterocycles. The highest BCUT2D eigenvalue weighted by Gasteiger charge is 2.38. The number of sulfone groups is 1. The molecule has 2 atom stereocenters. The molecule has 1 aromatic rings.